The van der Waals surface area contributed by atoms with Gasteiger partial charge >= 0.3 is 11.7 Å². The Morgan fingerprint density at radius 1 is 0.897 bits per heavy atom. The lowest BCUT2D eigenvalue weighted by atomic mass is 9.68. The predicted octanol–water partition coefficient (Wildman–Crippen LogP) is 3.56. The summed E-state index contributed by atoms with van der Waals surface area (Å²) in [5.41, 5.74) is 0.437. The second-order valence-corrected chi connectivity index (χ2v) is 12.3. The second kappa shape index (κ2) is 9.73. The van der Waals surface area contributed by atoms with Crippen LogP contribution in [0.3, 0.4) is 0 Å². The van der Waals surface area contributed by atoms with Crippen LogP contribution in [0.25, 0.3) is 22.6 Å². The fraction of sp³-hybridized carbons (Fsp3) is 0.621. The lowest BCUT2D eigenvalue weighted by molar-refractivity contribution is -0.137. The first-order valence-electron chi connectivity index (χ1n) is 14.6. The molecule has 6 atom stereocenters. The van der Waals surface area contributed by atoms with E-state index in [4.69, 9.17) is 0 Å². The summed E-state index contributed by atoms with van der Waals surface area (Å²) in [5, 5.41) is 15.7. The van der Waals surface area contributed by atoms with Gasteiger partial charge in [-0.25, -0.2) is 14.9 Å². The molecular weight excluding hydrogens is 496 g/mol. The van der Waals surface area contributed by atoms with Gasteiger partial charge in [0, 0.05) is 24.2 Å². The van der Waals surface area contributed by atoms with Crippen LogP contribution < -0.4 is 11.2 Å². The minimum atomic E-state index is -1.19. The van der Waals surface area contributed by atoms with E-state index in [0.717, 1.165) is 34.8 Å². The Kier molecular flexibility index (Phi) is 6.17. The van der Waals surface area contributed by atoms with Crippen LogP contribution in [0, 0.1) is 11.8 Å². The van der Waals surface area contributed by atoms with Crippen LogP contribution in [-0.2, 0) is 11.3 Å². The number of hydrogen-bond donors (Lipinski definition) is 2. The topological polar surface area (TPSA) is 126 Å². The molecule has 206 valence electrons. The molecule has 2 N–H and O–H groups in total. The van der Waals surface area contributed by atoms with Gasteiger partial charge < -0.3 is 9.67 Å². The molecule has 2 saturated carbocycles. The number of aromatic nitrogens is 5. The minimum Gasteiger partial charge on any atom is -0.480 e. The molecule has 2 saturated heterocycles. The Bertz CT molecular complexity index is 1500. The van der Waals surface area contributed by atoms with Crippen molar-refractivity contribution >= 4 is 17.0 Å². The molecule has 10 nitrogen and oxygen atoms in total. The van der Waals surface area contributed by atoms with Gasteiger partial charge in [0.15, 0.2) is 11.5 Å². The number of carbonyl (C=O) groups is 1. The highest BCUT2D eigenvalue weighted by atomic mass is 16.4. The van der Waals surface area contributed by atoms with E-state index >= 15 is 0 Å². The highest BCUT2D eigenvalue weighted by molar-refractivity contribution is 5.77. The van der Waals surface area contributed by atoms with Crippen LogP contribution in [0.15, 0.2) is 33.9 Å². The van der Waals surface area contributed by atoms with E-state index in [2.05, 4.69) is 20.1 Å². The van der Waals surface area contributed by atoms with Gasteiger partial charge in [-0.2, -0.15) is 5.10 Å². The van der Waals surface area contributed by atoms with Gasteiger partial charge in [-0.3, -0.25) is 19.1 Å². The maximum absolute atomic E-state index is 14.1. The van der Waals surface area contributed by atoms with E-state index in [-0.39, 0.29) is 23.1 Å². The first-order valence-corrected chi connectivity index (χ1v) is 14.6. The van der Waals surface area contributed by atoms with E-state index in [9.17, 15) is 19.5 Å². The van der Waals surface area contributed by atoms with Crippen molar-refractivity contribution in [1.29, 1.82) is 0 Å². The van der Waals surface area contributed by atoms with Crippen molar-refractivity contribution < 1.29 is 9.90 Å². The molecule has 0 radical (unpaired) electrons. The van der Waals surface area contributed by atoms with Crippen LogP contribution in [0.5, 0.6) is 0 Å². The predicted molar refractivity (Wildman–Crippen MR) is 145 cm³/mol. The number of nitrogens with zero attached hydrogens (tertiary/aromatic N) is 5. The average molecular weight is 533 g/mol. The summed E-state index contributed by atoms with van der Waals surface area (Å²) in [7, 11) is 0. The van der Waals surface area contributed by atoms with E-state index in [1.807, 2.05) is 28.8 Å². The van der Waals surface area contributed by atoms with E-state index in [1.165, 1.54) is 57.8 Å². The molecule has 2 aliphatic heterocycles. The summed E-state index contributed by atoms with van der Waals surface area (Å²) in [5.74, 6) is 0.547. The summed E-state index contributed by atoms with van der Waals surface area (Å²) in [6.07, 6.45) is 13.7. The van der Waals surface area contributed by atoms with Crippen LogP contribution in [-0.4, -0.2) is 58.4 Å². The third kappa shape index (κ3) is 4.33. The second-order valence-electron chi connectivity index (χ2n) is 12.3. The van der Waals surface area contributed by atoms with Gasteiger partial charge in [0.05, 0.1) is 11.0 Å². The number of aliphatic carboxylic acids is 1. The van der Waals surface area contributed by atoms with Gasteiger partial charge in [0.25, 0.3) is 5.56 Å². The number of nitrogens with one attached hydrogen (secondary N) is 1. The Labute approximate surface area is 226 Å². The number of fused-ring (bicyclic) bond motifs is 5. The molecule has 4 aliphatic rings. The zero-order chi connectivity index (χ0) is 26.7. The molecule has 2 aromatic heterocycles. The third-order valence-electron chi connectivity index (χ3n) is 9.95. The first kappa shape index (κ1) is 24.7. The van der Waals surface area contributed by atoms with Gasteiger partial charge in [-0.05, 0) is 68.9 Å². The number of aromatic amines is 1. The van der Waals surface area contributed by atoms with E-state index in [1.54, 1.807) is 0 Å². The molecule has 7 rings (SSSR count). The Morgan fingerprint density at radius 2 is 1.59 bits per heavy atom. The van der Waals surface area contributed by atoms with Crippen molar-refractivity contribution in [2.45, 2.75) is 101 Å². The maximum Gasteiger partial charge on any atom is 0.344 e. The summed E-state index contributed by atoms with van der Waals surface area (Å²) < 4.78 is 2.85. The molecule has 10 heteroatoms. The highest BCUT2D eigenvalue weighted by Crippen LogP contribution is 2.47. The minimum absolute atomic E-state index is 0.0115. The van der Waals surface area contributed by atoms with Crippen LogP contribution in [0.2, 0.25) is 0 Å². The van der Waals surface area contributed by atoms with Gasteiger partial charge in [0.2, 0.25) is 0 Å². The summed E-state index contributed by atoms with van der Waals surface area (Å²) in [4.78, 5) is 45.4. The highest BCUT2D eigenvalue weighted by Gasteiger charge is 2.45. The molecule has 4 bridgehead atoms. The number of para-hydroxylation sites is 2. The number of piperidine rings is 2. The molecule has 3 aromatic rings. The van der Waals surface area contributed by atoms with Crippen molar-refractivity contribution in [1.82, 2.24) is 29.2 Å². The fourth-order valence-electron chi connectivity index (χ4n) is 8.58. The molecule has 1 aromatic carbocycles. The molecule has 0 amide bonds. The van der Waals surface area contributed by atoms with E-state index < -0.39 is 18.2 Å². The number of carboxylic acid groups (broad SMARTS) is 1. The summed E-state index contributed by atoms with van der Waals surface area (Å²) >= 11 is 0. The van der Waals surface area contributed by atoms with Crippen LogP contribution in [0.1, 0.15) is 76.7 Å². The lowest BCUT2D eigenvalue weighted by Gasteiger charge is -2.55. The molecule has 4 fully saturated rings. The largest absolute Gasteiger partial charge is 0.480 e. The number of benzene rings is 1. The average Bonchev–Trinajstić information content (AvgIpc) is 3.26. The number of rotatable bonds is 5. The van der Waals surface area contributed by atoms with Crippen molar-refractivity contribution in [3.63, 3.8) is 0 Å². The number of H-pyrrole nitrogens is 1. The zero-order valence-electron chi connectivity index (χ0n) is 22.2. The SMILES string of the molecule is O=C(O)Cn1c(-c2nc3ccccc3n([C@H]3C[C@H]4CCC[C@@H](C3)N4[C@H]3C[C@@H]4CCC[C@@H](C4)C3)c2=O)n[nH]c1=O. The number of hydrogen-bond acceptors (Lipinski definition) is 6. The monoisotopic (exact) mass is 532 g/mol. The molecule has 4 heterocycles. The third-order valence-corrected chi connectivity index (χ3v) is 9.95. The Hall–Kier alpha value is -3.27. The molecule has 39 heavy (non-hydrogen) atoms. The van der Waals surface area contributed by atoms with Gasteiger partial charge in [-0.1, -0.05) is 37.8 Å². The van der Waals surface area contributed by atoms with Crippen LogP contribution >= 0.6 is 0 Å². The van der Waals surface area contributed by atoms with Gasteiger partial charge in [-0.15, -0.1) is 0 Å². The Balaban J connectivity index is 1.27. The maximum atomic E-state index is 14.1. The normalized spacial score (nSPS) is 30.9. The quantitative estimate of drug-likeness (QED) is 0.515. The van der Waals surface area contributed by atoms with Crippen molar-refractivity contribution in [3.05, 3.63) is 45.1 Å². The zero-order valence-corrected chi connectivity index (χ0v) is 22.2. The standard InChI is InChI=1S/C29H36N6O4/c36-25(37)16-33-27(31-32-29(33)39)26-28(38)35(24-10-2-1-9-23(24)30-26)22-14-19-7-4-8-20(15-22)34(19)21-12-17-5-3-6-18(11-17)13-21/h1-2,9-10,17-22H,3-8,11-16H2,(H,32,39)(H,36,37)/t17-,18+,19-,20+,21+,22+. The molecule has 2 aliphatic carbocycles. The first-order chi connectivity index (χ1) is 19.0. The fourth-order valence-corrected chi connectivity index (χ4v) is 8.58. The Morgan fingerprint density at radius 3 is 2.31 bits per heavy atom. The lowest BCUT2D eigenvalue weighted by Crippen LogP contribution is -2.58. The van der Waals surface area contributed by atoms with Crippen LogP contribution in [0.4, 0.5) is 0 Å². The number of carboxylic acids is 1. The van der Waals surface area contributed by atoms with Gasteiger partial charge in [0.1, 0.15) is 6.54 Å². The van der Waals surface area contributed by atoms with Crippen molar-refractivity contribution in [2.24, 2.45) is 11.8 Å². The summed E-state index contributed by atoms with van der Waals surface area (Å²) in [6.45, 7) is -0.593. The van der Waals surface area contributed by atoms with Crippen molar-refractivity contribution in [2.75, 3.05) is 0 Å². The van der Waals surface area contributed by atoms with E-state index in [0.29, 0.717) is 23.6 Å². The molecule has 0 spiro atoms. The molecular formula is C29H36N6O4. The smallest absolute Gasteiger partial charge is 0.344 e. The summed E-state index contributed by atoms with van der Waals surface area (Å²) in [6, 6.07) is 9.20. The van der Waals surface area contributed by atoms with Crippen molar-refractivity contribution in [3.8, 4) is 11.5 Å². The molecule has 0 unspecified atom stereocenters.